The van der Waals surface area contributed by atoms with E-state index in [1.165, 1.54) is 6.07 Å². The van der Waals surface area contributed by atoms with Crippen LogP contribution in [0.4, 0.5) is 10.1 Å². The summed E-state index contributed by atoms with van der Waals surface area (Å²) < 4.78 is 36.8. The number of benzene rings is 1. The van der Waals surface area contributed by atoms with Crippen LogP contribution in [0.3, 0.4) is 0 Å². The molecule has 0 saturated heterocycles. The lowest BCUT2D eigenvalue weighted by Gasteiger charge is -2.21. The number of hydrogen-bond donors (Lipinski definition) is 1. The molecule has 0 aliphatic carbocycles. The summed E-state index contributed by atoms with van der Waals surface area (Å²) in [4.78, 5) is 1.27. The predicted molar refractivity (Wildman–Crippen MR) is 70.7 cm³/mol. The van der Waals surface area contributed by atoms with E-state index in [0.29, 0.717) is 12.1 Å². The van der Waals surface area contributed by atoms with Crippen LogP contribution in [-0.2, 0) is 10.0 Å². The Morgan fingerprint density at radius 1 is 1.39 bits per heavy atom. The van der Waals surface area contributed by atoms with Gasteiger partial charge in [0.05, 0.1) is 5.69 Å². The summed E-state index contributed by atoms with van der Waals surface area (Å²) in [7, 11) is -2.30. The monoisotopic (exact) mass is 274 g/mol. The van der Waals surface area contributed by atoms with Crippen molar-refractivity contribution in [2.24, 2.45) is 5.14 Å². The molecule has 0 amide bonds. The number of primary sulfonamides is 1. The largest absolute Gasteiger partial charge is 0.372 e. The summed E-state index contributed by atoms with van der Waals surface area (Å²) in [5, 5.41) is 5.01. The van der Waals surface area contributed by atoms with Gasteiger partial charge in [0.2, 0.25) is 10.0 Å². The molecule has 0 saturated carbocycles. The zero-order chi connectivity index (χ0) is 13.9. The normalized spacial score (nSPS) is 11.6. The van der Waals surface area contributed by atoms with Crippen LogP contribution in [-0.4, -0.2) is 22.0 Å². The van der Waals surface area contributed by atoms with E-state index in [1.807, 2.05) is 6.92 Å². The van der Waals surface area contributed by atoms with E-state index in [0.717, 1.165) is 12.8 Å². The van der Waals surface area contributed by atoms with Crippen molar-refractivity contribution in [2.75, 3.05) is 18.5 Å². The first-order valence-corrected chi connectivity index (χ1v) is 7.36. The van der Waals surface area contributed by atoms with Gasteiger partial charge in [-0.2, -0.15) is 0 Å². The SMILES string of the molecule is CCCCN(C)c1cc(C)cc(S(N)(=O)=O)c1F. The van der Waals surface area contributed by atoms with Crippen molar-refractivity contribution in [2.45, 2.75) is 31.6 Å². The van der Waals surface area contributed by atoms with Gasteiger partial charge in [0.1, 0.15) is 4.90 Å². The first-order valence-electron chi connectivity index (χ1n) is 5.81. The topological polar surface area (TPSA) is 63.4 Å². The van der Waals surface area contributed by atoms with Gasteiger partial charge in [0, 0.05) is 13.6 Å². The van der Waals surface area contributed by atoms with Crippen LogP contribution in [0.15, 0.2) is 17.0 Å². The standard InChI is InChI=1S/C12H19FN2O2S/c1-4-5-6-15(3)10-7-9(2)8-11(12(10)13)18(14,16)17/h7-8H,4-6H2,1-3H3,(H2,14,16,17). The van der Waals surface area contributed by atoms with Gasteiger partial charge < -0.3 is 4.90 Å². The molecule has 18 heavy (non-hydrogen) atoms. The average Bonchev–Trinajstić information content (AvgIpc) is 2.27. The molecule has 4 nitrogen and oxygen atoms in total. The van der Waals surface area contributed by atoms with Gasteiger partial charge in [0.15, 0.2) is 5.82 Å². The van der Waals surface area contributed by atoms with Gasteiger partial charge in [-0.25, -0.2) is 17.9 Å². The molecule has 1 aromatic carbocycles. The van der Waals surface area contributed by atoms with Crippen LogP contribution in [0.25, 0.3) is 0 Å². The molecule has 0 fully saturated rings. The summed E-state index contributed by atoms with van der Waals surface area (Å²) in [6, 6.07) is 2.88. The summed E-state index contributed by atoms with van der Waals surface area (Å²) in [5.74, 6) is -0.776. The van der Waals surface area contributed by atoms with Crippen molar-refractivity contribution in [3.05, 3.63) is 23.5 Å². The maximum Gasteiger partial charge on any atom is 0.241 e. The molecule has 0 aromatic heterocycles. The predicted octanol–water partition coefficient (Wildman–Crippen LogP) is 2.02. The van der Waals surface area contributed by atoms with Crippen LogP contribution in [0, 0.1) is 12.7 Å². The highest BCUT2D eigenvalue weighted by Gasteiger charge is 2.20. The molecular formula is C12H19FN2O2S. The van der Waals surface area contributed by atoms with Crippen molar-refractivity contribution < 1.29 is 12.8 Å². The lowest BCUT2D eigenvalue weighted by Crippen LogP contribution is -2.22. The number of sulfonamides is 1. The van der Waals surface area contributed by atoms with Gasteiger partial charge in [-0.15, -0.1) is 0 Å². The van der Waals surface area contributed by atoms with Crippen LogP contribution in [0.5, 0.6) is 0 Å². The highest BCUT2D eigenvalue weighted by molar-refractivity contribution is 7.89. The van der Waals surface area contributed by atoms with Crippen LogP contribution in [0.2, 0.25) is 0 Å². The Hall–Kier alpha value is -1.14. The van der Waals surface area contributed by atoms with Gasteiger partial charge in [-0.3, -0.25) is 0 Å². The molecule has 6 heteroatoms. The second kappa shape index (κ2) is 5.67. The van der Waals surface area contributed by atoms with Gasteiger partial charge >= 0.3 is 0 Å². The lowest BCUT2D eigenvalue weighted by molar-refractivity contribution is 0.565. The number of nitrogens with two attached hydrogens (primary N) is 1. The lowest BCUT2D eigenvalue weighted by atomic mass is 10.2. The van der Waals surface area contributed by atoms with Crippen LogP contribution < -0.4 is 10.0 Å². The number of rotatable bonds is 5. The van der Waals surface area contributed by atoms with Gasteiger partial charge in [-0.1, -0.05) is 13.3 Å². The van der Waals surface area contributed by atoms with Crippen molar-refractivity contribution in [1.29, 1.82) is 0 Å². The molecule has 1 rings (SSSR count). The fraction of sp³-hybridized carbons (Fsp3) is 0.500. The number of aryl methyl sites for hydroxylation is 1. The first kappa shape index (κ1) is 14.9. The molecule has 1 aromatic rings. The minimum absolute atomic E-state index is 0.271. The minimum atomic E-state index is -4.03. The number of halogens is 1. The molecule has 0 atom stereocenters. The number of unbranched alkanes of at least 4 members (excludes halogenated alkanes) is 1. The van der Waals surface area contributed by atoms with E-state index in [4.69, 9.17) is 5.14 Å². The third-order valence-corrected chi connectivity index (χ3v) is 3.64. The maximum atomic E-state index is 14.1. The number of nitrogens with zero attached hydrogens (tertiary/aromatic N) is 1. The second-order valence-corrected chi connectivity index (χ2v) is 5.95. The van der Waals surface area contributed by atoms with E-state index in [2.05, 4.69) is 0 Å². The Bertz CT molecular complexity index is 529. The Labute approximate surface area is 108 Å². The maximum absolute atomic E-state index is 14.1. The Balaban J connectivity index is 3.25. The molecular weight excluding hydrogens is 255 g/mol. The van der Waals surface area contributed by atoms with Crippen LogP contribution >= 0.6 is 0 Å². The van der Waals surface area contributed by atoms with Crippen LogP contribution in [0.1, 0.15) is 25.3 Å². The second-order valence-electron chi connectivity index (χ2n) is 4.42. The Kier molecular flexibility index (Phi) is 4.70. The van der Waals surface area contributed by atoms with Crippen molar-refractivity contribution in [1.82, 2.24) is 0 Å². The smallest absolute Gasteiger partial charge is 0.241 e. The summed E-state index contributed by atoms with van der Waals surface area (Å²) >= 11 is 0. The summed E-state index contributed by atoms with van der Waals surface area (Å²) in [5.41, 5.74) is 0.936. The zero-order valence-electron chi connectivity index (χ0n) is 10.9. The highest BCUT2D eigenvalue weighted by atomic mass is 32.2. The molecule has 0 heterocycles. The molecule has 0 spiro atoms. The number of hydrogen-bond acceptors (Lipinski definition) is 3. The summed E-state index contributed by atoms with van der Waals surface area (Å²) in [6.07, 6.45) is 1.90. The fourth-order valence-electron chi connectivity index (χ4n) is 1.72. The van der Waals surface area contributed by atoms with E-state index < -0.39 is 20.7 Å². The first-order chi connectivity index (χ1) is 8.27. The minimum Gasteiger partial charge on any atom is -0.372 e. The van der Waals surface area contributed by atoms with Crippen molar-refractivity contribution >= 4 is 15.7 Å². The number of anilines is 1. The highest BCUT2D eigenvalue weighted by Crippen LogP contribution is 2.26. The molecule has 0 unspecified atom stereocenters. The zero-order valence-corrected chi connectivity index (χ0v) is 11.7. The van der Waals surface area contributed by atoms with E-state index in [1.54, 1.807) is 24.9 Å². The molecule has 0 aliphatic rings. The Morgan fingerprint density at radius 3 is 2.50 bits per heavy atom. The molecule has 0 radical (unpaired) electrons. The van der Waals surface area contributed by atoms with E-state index in [9.17, 15) is 12.8 Å². The van der Waals surface area contributed by atoms with Crippen molar-refractivity contribution in [3.8, 4) is 0 Å². The molecule has 0 aliphatic heterocycles. The third kappa shape index (κ3) is 3.43. The van der Waals surface area contributed by atoms with Crippen molar-refractivity contribution in [3.63, 3.8) is 0 Å². The summed E-state index contributed by atoms with van der Waals surface area (Å²) in [6.45, 7) is 4.42. The molecule has 102 valence electrons. The third-order valence-electron chi connectivity index (χ3n) is 2.73. The quantitative estimate of drug-likeness (QED) is 0.893. The Morgan fingerprint density at radius 2 is 2.00 bits per heavy atom. The molecule has 0 bridgehead atoms. The van der Waals surface area contributed by atoms with Gasteiger partial charge in [0.25, 0.3) is 0 Å². The molecule has 2 N–H and O–H groups in total. The fourth-order valence-corrected chi connectivity index (χ4v) is 2.42. The average molecular weight is 274 g/mol. The van der Waals surface area contributed by atoms with E-state index >= 15 is 0 Å². The van der Waals surface area contributed by atoms with E-state index in [-0.39, 0.29) is 5.69 Å². The van der Waals surface area contributed by atoms with Gasteiger partial charge in [-0.05, 0) is 31.0 Å².